The Morgan fingerprint density at radius 3 is 1.29 bits per heavy atom. The van der Waals surface area contributed by atoms with E-state index < -0.39 is 0 Å². The lowest BCUT2D eigenvalue weighted by Gasteiger charge is -2.38. The molecule has 2 unspecified atom stereocenters. The highest BCUT2D eigenvalue weighted by molar-refractivity contribution is 4.87. The van der Waals surface area contributed by atoms with Crippen molar-refractivity contribution in [3.63, 3.8) is 0 Å². The van der Waals surface area contributed by atoms with Gasteiger partial charge >= 0.3 is 0 Å². The lowest BCUT2D eigenvalue weighted by molar-refractivity contribution is -0.138. The molecule has 0 aliphatic heterocycles. The van der Waals surface area contributed by atoms with Crippen LogP contribution in [0.2, 0.25) is 0 Å². The number of ether oxygens (including phenoxy) is 3. The maximum Gasteiger partial charge on any atom is 0.109 e. The van der Waals surface area contributed by atoms with Crippen molar-refractivity contribution in [3.8, 4) is 0 Å². The average Bonchev–Trinajstić information content (AvgIpc) is 2.42. The predicted octanol–water partition coefficient (Wildman–Crippen LogP) is 3.51. The third kappa shape index (κ3) is 6.39. The molecular weight excluding hydrogens is 216 g/mol. The summed E-state index contributed by atoms with van der Waals surface area (Å²) in [7, 11) is 5.20. The quantitative estimate of drug-likeness (QED) is 0.765. The SMILES string of the molecule is CC.CC.COC1CC(C)CC(OC)C1OC. The fourth-order valence-electron chi connectivity index (χ4n) is 2.16. The Hall–Kier alpha value is -0.120. The van der Waals surface area contributed by atoms with E-state index in [1.165, 1.54) is 0 Å². The van der Waals surface area contributed by atoms with E-state index >= 15 is 0 Å². The van der Waals surface area contributed by atoms with Crippen molar-refractivity contribution < 1.29 is 14.2 Å². The monoisotopic (exact) mass is 248 g/mol. The van der Waals surface area contributed by atoms with Crippen LogP contribution >= 0.6 is 0 Å². The van der Waals surface area contributed by atoms with Gasteiger partial charge in [-0.05, 0) is 18.8 Å². The molecule has 0 aromatic rings. The summed E-state index contributed by atoms with van der Waals surface area (Å²) in [5.74, 6) is 0.654. The van der Waals surface area contributed by atoms with Gasteiger partial charge in [0.05, 0.1) is 12.2 Å². The maximum absolute atomic E-state index is 5.40. The van der Waals surface area contributed by atoms with E-state index in [-0.39, 0.29) is 18.3 Å². The molecular formula is C14H32O3. The van der Waals surface area contributed by atoms with Crippen LogP contribution in [0.15, 0.2) is 0 Å². The molecule has 17 heavy (non-hydrogen) atoms. The fourth-order valence-corrected chi connectivity index (χ4v) is 2.16. The summed E-state index contributed by atoms with van der Waals surface area (Å²) >= 11 is 0. The zero-order valence-electron chi connectivity index (χ0n) is 12.9. The van der Waals surface area contributed by atoms with Crippen LogP contribution in [0.5, 0.6) is 0 Å². The zero-order valence-corrected chi connectivity index (χ0v) is 12.9. The Bertz CT molecular complexity index is 136. The Labute approximate surface area is 108 Å². The van der Waals surface area contributed by atoms with E-state index in [1.807, 2.05) is 27.7 Å². The summed E-state index contributed by atoms with van der Waals surface area (Å²) in [4.78, 5) is 0. The van der Waals surface area contributed by atoms with Crippen molar-refractivity contribution in [2.45, 2.75) is 65.8 Å². The van der Waals surface area contributed by atoms with Gasteiger partial charge in [-0.25, -0.2) is 0 Å². The van der Waals surface area contributed by atoms with Gasteiger partial charge in [0.1, 0.15) is 6.10 Å². The highest BCUT2D eigenvalue weighted by Crippen LogP contribution is 2.29. The lowest BCUT2D eigenvalue weighted by atomic mass is 9.84. The van der Waals surface area contributed by atoms with Crippen LogP contribution in [0.1, 0.15) is 47.5 Å². The number of methoxy groups -OCH3 is 3. The summed E-state index contributed by atoms with van der Waals surface area (Å²) in [5, 5.41) is 0. The molecule has 1 aliphatic carbocycles. The van der Waals surface area contributed by atoms with E-state index in [0.717, 1.165) is 12.8 Å². The molecule has 2 atom stereocenters. The van der Waals surface area contributed by atoms with Gasteiger partial charge in [0, 0.05) is 21.3 Å². The van der Waals surface area contributed by atoms with E-state index in [4.69, 9.17) is 14.2 Å². The van der Waals surface area contributed by atoms with E-state index in [2.05, 4.69) is 6.92 Å². The smallest absolute Gasteiger partial charge is 0.109 e. The summed E-state index contributed by atoms with van der Waals surface area (Å²) in [5.41, 5.74) is 0. The zero-order chi connectivity index (χ0) is 13.8. The molecule has 1 aliphatic rings. The van der Waals surface area contributed by atoms with Crippen LogP contribution in [-0.4, -0.2) is 39.6 Å². The predicted molar refractivity (Wildman–Crippen MR) is 73.5 cm³/mol. The van der Waals surface area contributed by atoms with Crippen molar-refractivity contribution in [1.82, 2.24) is 0 Å². The second-order valence-corrected chi connectivity index (χ2v) is 3.83. The molecule has 1 saturated carbocycles. The minimum absolute atomic E-state index is 0.0891. The van der Waals surface area contributed by atoms with Gasteiger partial charge in [-0.2, -0.15) is 0 Å². The molecule has 1 fully saturated rings. The van der Waals surface area contributed by atoms with Crippen molar-refractivity contribution in [3.05, 3.63) is 0 Å². The minimum atomic E-state index is 0.0891. The lowest BCUT2D eigenvalue weighted by Crippen LogP contribution is -2.46. The Balaban J connectivity index is 0. The Morgan fingerprint density at radius 1 is 0.706 bits per heavy atom. The molecule has 0 bridgehead atoms. The minimum Gasteiger partial charge on any atom is -0.379 e. The molecule has 0 amide bonds. The van der Waals surface area contributed by atoms with Gasteiger partial charge < -0.3 is 14.2 Å². The first-order valence-electron chi connectivity index (χ1n) is 6.81. The van der Waals surface area contributed by atoms with Crippen molar-refractivity contribution in [2.75, 3.05) is 21.3 Å². The van der Waals surface area contributed by atoms with Gasteiger partial charge in [-0.1, -0.05) is 34.6 Å². The van der Waals surface area contributed by atoms with Gasteiger partial charge in [0.2, 0.25) is 0 Å². The number of hydrogen-bond donors (Lipinski definition) is 0. The van der Waals surface area contributed by atoms with Crippen LogP contribution in [0.4, 0.5) is 0 Å². The highest BCUT2D eigenvalue weighted by Gasteiger charge is 2.36. The molecule has 1 rings (SSSR count). The first-order chi connectivity index (χ1) is 8.22. The van der Waals surface area contributed by atoms with Crippen LogP contribution in [-0.2, 0) is 14.2 Å². The van der Waals surface area contributed by atoms with Gasteiger partial charge in [0.15, 0.2) is 0 Å². The van der Waals surface area contributed by atoms with E-state index in [0.29, 0.717) is 5.92 Å². The number of hydrogen-bond acceptors (Lipinski definition) is 3. The average molecular weight is 248 g/mol. The second-order valence-electron chi connectivity index (χ2n) is 3.83. The standard InChI is InChI=1S/C10H20O3.2C2H6/c1-7-5-8(11-2)10(13-4)9(6-7)12-3;2*1-2/h7-10H,5-6H2,1-4H3;2*1-2H3. The van der Waals surface area contributed by atoms with Crippen LogP contribution in [0.25, 0.3) is 0 Å². The second kappa shape index (κ2) is 12.3. The molecule has 3 nitrogen and oxygen atoms in total. The highest BCUT2D eigenvalue weighted by atomic mass is 16.6. The summed E-state index contributed by atoms with van der Waals surface area (Å²) < 4.78 is 16.2. The summed E-state index contributed by atoms with van der Waals surface area (Å²) in [6.45, 7) is 10.2. The summed E-state index contributed by atoms with van der Waals surface area (Å²) in [6.07, 6.45) is 2.58. The molecule has 0 N–H and O–H groups in total. The van der Waals surface area contributed by atoms with Crippen LogP contribution in [0.3, 0.4) is 0 Å². The molecule has 106 valence electrons. The first-order valence-corrected chi connectivity index (χ1v) is 6.81. The summed E-state index contributed by atoms with van der Waals surface area (Å²) in [6, 6.07) is 0. The first kappa shape index (κ1) is 19.2. The molecule has 0 aromatic carbocycles. The Kier molecular flexibility index (Phi) is 14.0. The molecule has 0 aromatic heterocycles. The van der Waals surface area contributed by atoms with Gasteiger partial charge in [-0.15, -0.1) is 0 Å². The number of rotatable bonds is 3. The molecule has 0 spiro atoms. The fraction of sp³-hybridized carbons (Fsp3) is 1.00. The van der Waals surface area contributed by atoms with Crippen molar-refractivity contribution in [1.29, 1.82) is 0 Å². The maximum atomic E-state index is 5.40. The molecule has 0 saturated heterocycles. The normalized spacial score (nSPS) is 31.8. The van der Waals surface area contributed by atoms with Crippen LogP contribution in [0, 0.1) is 5.92 Å². The molecule has 0 heterocycles. The van der Waals surface area contributed by atoms with Crippen molar-refractivity contribution >= 4 is 0 Å². The third-order valence-electron chi connectivity index (χ3n) is 2.88. The topological polar surface area (TPSA) is 27.7 Å². The molecule has 3 heteroatoms. The Morgan fingerprint density at radius 2 is 1.06 bits per heavy atom. The van der Waals surface area contributed by atoms with Crippen molar-refractivity contribution in [2.24, 2.45) is 5.92 Å². The van der Waals surface area contributed by atoms with Crippen LogP contribution < -0.4 is 0 Å². The van der Waals surface area contributed by atoms with Gasteiger partial charge in [0.25, 0.3) is 0 Å². The van der Waals surface area contributed by atoms with Gasteiger partial charge in [-0.3, -0.25) is 0 Å². The molecule has 0 radical (unpaired) electrons. The largest absolute Gasteiger partial charge is 0.379 e. The van der Waals surface area contributed by atoms with E-state index in [1.54, 1.807) is 21.3 Å². The van der Waals surface area contributed by atoms with E-state index in [9.17, 15) is 0 Å². The third-order valence-corrected chi connectivity index (χ3v) is 2.88.